The predicted octanol–water partition coefficient (Wildman–Crippen LogP) is 2.63. The second-order valence-electron chi connectivity index (χ2n) is 2.80. The molecule has 0 aliphatic rings. The van der Waals surface area contributed by atoms with Crippen LogP contribution in [-0.2, 0) is 11.2 Å². The van der Waals surface area contributed by atoms with E-state index >= 15 is 0 Å². The number of ether oxygens (including phenoxy) is 1. The largest absolute Gasteiger partial charge is 0.573 e. The molecule has 2 nitrogen and oxygen atoms in total. The normalized spacial score (nSPS) is 11.1. The molecular weight excluding hydrogens is 209 g/mol. The number of carbonyl (C=O) groups excluding carboxylic acids is 1. The Balaban J connectivity index is 2.81. The second kappa shape index (κ2) is 4.82. The molecule has 0 saturated carbocycles. The van der Waals surface area contributed by atoms with Crippen LogP contribution in [0.1, 0.15) is 12.0 Å². The van der Waals surface area contributed by atoms with E-state index in [0.29, 0.717) is 5.56 Å². The number of benzene rings is 1. The van der Waals surface area contributed by atoms with Crippen molar-refractivity contribution in [1.29, 1.82) is 0 Å². The highest BCUT2D eigenvalue weighted by Gasteiger charge is 2.31. The van der Waals surface area contributed by atoms with Crippen LogP contribution in [0.25, 0.3) is 0 Å². The zero-order valence-electron chi connectivity index (χ0n) is 7.67. The molecule has 0 heterocycles. The van der Waals surface area contributed by atoms with Crippen LogP contribution in [-0.4, -0.2) is 12.6 Å². The van der Waals surface area contributed by atoms with Gasteiger partial charge in [0, 0.05) is 6.42 Å². The third-order valence-corrected chi connectivity index (χ3v) is 1.69. The van der Waals surface area contributed by atoms with Crippen LogP contribution < -0.4 is 4.74 Å². The topological polar surface area (TPSA) is 26.3 Å². The van der Waals surface area contributed by atoms with Crippen LogP contribution in [0.2, 0.25) is 0 Å². The van der Waals surface area contributed by atoms with Crippen molar-refractivity contribution >= 4 is 6.29 Å². The molecular formula is C10H8F3O2. The molecule has 0 aliphatic carbocycles. The lowest BCUT2D eigenvalue weighted by molar-refractivity contribution is -0.274. The van der Waals surface area contributed by atoms with Gasteiger partial charge in [0.05, 0.1) is 0 Å². The van der Waals surface area contributed by atoms with Crippen LogP contribution >= 0.6 is 0 Å². The van der Waals surface area contributed by atoms with Gasteiger partial charge in [-0.15, -0.1) is 13.2 Å². The van der Waals surface area contributed by atoms with E-state index in [4.69, 9.17) is 0 Å². The molecule has 81 valence electrons. The van der Waals surface area contributed by atoms with Crippen molar-refractivity contribution in [2.75, 3.05) is 0 Å². The molecule has 0 N–H and O–H groups in total. The highest BCUT2D eigenvalue weighted by Crippen LogP contribution is 2.26. The van der Waals surface area contributed by atoms with E-state index in [1.165, 1.54) is 18.2 Å². The molecule has 1 radical (unpaired) electrons. The number of hydrogen-bond acceptors (Lipinski definition) is 2. The van der Waals surface area contributed by atoms with Crippen LogP contribution in [0.15, 0.2) is 24.3 Å². The highest BCUT2D eigenvalue weighted by molar-refractivity contribution is 5.51. The van der Waals surface area contributed by atoms with Crippen molar-refractivity contribution < 1.29 is 22.7 Å². The lowest BCUT2D eigenvalue weighted by atomic mass is 10.1. The van der Waals surface area contributed by atoms with Gasteiger partial charge in [-0.2, -0.15) is 0 Å². The van der Waals surface area contributed by atoms with E-state index in [1.807, 2.05) is 0 Å². The molecule has 0 spiro atoms. The van der Waals surface area contributed by atoms with Crippen LogP contribution in [0.5, 0.6) is 5.75 Å². The second-order valence-corrected chi connectivity index (χ2v) is 2.80. The number of alkyl halides is 3. The van der Waals surface area contributed by atoms with Gasteiger partial charge < -0.3 is 4.74 Å². The zero-order chi connectivity index (χ0) is 11.3. The summed E-state index contributed by atoms with van der Waals surface area (Å²) in [4.78, 5) is 9.99. The minimum absolute atomic E-state index is 0.0538. The SMILES string of the molecule is O=[C]CCc1ccccc1OC(F)(F)F. The summed E-state index contributed by atoms with van der Waals surface area (Å²) in [5, 5.41) is 0. The summed E-state index contributed by atoms with van der Waals surface area (Å²) in [5.74, 6) is -0.264. The van der Waals surface area contributed by atoms with Crippen molar-refractivity contribution in [2.24, 2.45) is 0 Å². The summed E-state index contributed by atoms with van der Waals surface area (Å²) < 4.78 is 39.6. The zero-order valence-corrected chi connectivity index (χ0v) is 7.67. The number of rotatable bonds is 4. The molecule has 0 bridgehead atoms. The molecule has 0 unspecified atom stereocenters. The van der Waals surface area contributed by atoms with Gasteiger partial charge in [0.2, 0.25) is 0 Å². The summed E-state index contributed by atoms with van der Waals surface area (Å²) in [6.07, 6.45) is -2.84. The molecule has 0 amide bonds. The maximum absolute atomic E-state index is 11.9. The molecule has 1 rings (SSSR count). The Labute approximate surface area is 84.7 Å². The summed E-state index contributed by atoms with van der Waals surface area (Å²) in [6.45, 7) is 0. The molecule has 0 fully saturated rings. The molecule has 0 aliphatic heterocycles. The first-order chi connectivity index (χ1) is 7.03. The average molecular weight is 217 g/mol. The predicted molar refractivity (Wildman–Crippen MR) is 47.1 cm³/mol. The van der Waals surface area contributed by atoms with Crippen molar-refractivity contribution in [3.63, 3.8) is 0 Å². The molecule has 0 aromatic heterocycles. The summed E-state index contributed by atoms with van der Waals surface area (Å²) in [7, 11) is 0. The van der Waals surface area contributed by atoms with Gasteiger partial charge in [-0.25, -0.2) is 0 Å². The maximum Gasteiger partial charge on any atom is 0.573 e. The minimum Gasteiger partial charge on any atom is -0.406 e. The highest BCUT2D eigenvalue weighted by atomic mass is 19.4. The van der Waals surface area contributed by atoms with E-state index in [0.717, 1.165) is 0 Å². The third-order valence-electron chi connectivity index (χ3n) is 1.69. The number of aryl methyl sites for hydroxylation is 1. The lowest BCUT2D eigenvalue weighted by Gasteiger charge is -2.12. The first kappa shape index (κ1) is 11.6. The van der Waals surface area contributed by atoms with Crippen molar-refractivity contribution in [2.45, 2.75) is 19.2 Å². The smallest absolute Gasteiger partial charge is 0.406 e. The average Bonchev–Trinajstić information content (AvgIpc) is 2.14. The van der Waals surface area contributed by atoms with Crippen LogP contribution in [0.4, 0.5) is 13.2 Å². The quantitative estimate of drug-likeness (QED) is 0.774. The fourth-order valence-electron chi connectivity index (χ4n) is 1.12. The molecule has 0 saturated heterocycles. The first-order valence-electron chi connectivity index (χ1n) is 4.21. The van der Waals surface area contributed by atoms with Gasteiger partial charge in [0.1, 0.15) is 5.75 Å². The Morgan fingerprint density at radius 3 is 2.53 bits per heavy atom. The van der Waals surface area contributed by atoms with Gasteiger partial charge in [-0.1, -0.05) is 18.2 Å². The van der Waals surface area contributed by atoms with Gasteiger partial charge in [-0.05, 0) is 18.1 Å². The summed E-state index contributed by atoms with van der Waals surface area (Å²) in [5.41, 5.74) is 0.346. The molecule has 1 aromatic carbocycles. The Hall–Kier alpha value is -1.52. The first-order valence-corrected chi connectivity index (χ1v) is 4.21. The molecule has 1 aromatic rings. The van der Waals surface area contributed by atoms with Crippen molar-refractivity contribution in [3.05, 3.63) is 29.8 Å². The Morgan fingerprint density at radius 2 is 1.93 bits per heavy atom. The number of para-hydroxylation sites is 1. The summed E-state index contributed by atoms with van der Waals surface area (Å²) in [6, 6.07) is 5.73. The Kier molecular flexibility index (Phi) is 3.71. The van der Waals surface area contributed by atoms with E-state index in [-0.39, 0.29) is 18.6 Å². The van der Waals surface area contributed by atoms with Crippen molar-refractivity contribution in [1.82, 2.24) is 0 Å². The van der Waals surface area contributed by atoms with Gasteiger partial charge in [0.25, 0.3) is 0 Å². The number of hydrogen-bond donors (Lipinski definition) is 0. The van der Waals surface area contributed by atoms with Crippen molar-refractivity contribution in [3.8, 4) is 5.75 Å². The maximum atomic E-state index is 11.9. The monoisotopic (exact) mass is 217 g/mol. The Bertz CT molecular complexity index is 334. The fraction of sp³-hybridized carbons (Fsp3) is 0.300. The van der Waals surface area contributed by atoms with Crippen LogP contribution in [0, 0.1) is 0 Å². The van der Waals surface area contributed by atoms with Gasteiger partial charge >= 0.3 is 6.36 Å². The molecule has 0 atom stereocenters. The van der Waals surface area contributed by atoms with E-state index < -0.39 is 6.36 Å². The Morgan fingerprint density at radius 1 is 1.27 bits per heavy atom. The fourth-order valence-corrected chi connectivity index (χ4v) is 1.12. The minimum atomic E-state index is -4.71. The van der Waals surface area contributed by atoms with Gasteiger partial charge in [-0.3, -0.25) is 4.79 Å². The standard InChI is InChI=1S/C10H8F3O2/c11-10(12,13)15-9-6-2-1-4-8(9)5-3-7-14/h1-2,4,6H,3,5H2. The van der Waals surface area contributed by atoms with E-state index in [9.17, 15) is 18.0 Å². The molecule has 15 heavy (non-hydrogen) atoms. The van der Waals surface area contributed by atoms with E-state index in [1.54, 1.807) is 12.4 Å². The lowest BCUT2D eigenvalue weighted by Crippen LogP contribution is -2.18. The molecule has 5 heteroatoms. The summed E-state index contributed by atoms with van der Waals surface area (Å²) >= 11 is 0. The van der Waals surface area contributed by atoms with Gasteiger partial charge in [0.15, 0.2) is 6.29 Å². The van der Waals surface area contributed by atoms with Crippen LogP contribution in [0.3, 0.4) is 0 Å². The van der Waals surface area contributed by atoms with E-state index in [2.05, 4.69) is 4.74 Å². The third kappa shape index (κ3) is 4.01. The number of halogens is 3.